The number of carbonyl (C=O) groups excluding carboxylic acids is 2. The molecule has 41 heavy (non-hydrogen) atoms. The molecule has 3 aromatic carbocycles. The smallest absolute Gasteiger partial charge is 0.243 e. The number of hydrogen-bond donors (Lipinski definition) is 1. The monoisotopic (exact) mass is 599 g/mol. The van der Waals surface area contributed by atoms with Crippen LogP contribution >= 0.6 is 11.6 Å². The average molecular weight is 600 g/mol. The minimum absolute atomic E-state index is 0.0366. The summed E-state index contributed by atoms with van der Waals surface area (Å²) in [6, 6.07) is 20.8. The van der Waals surface area contributed by atoms with Crippen LogP contribution in [-0.4, -0.2) is 57.3 Å². The maximum absolute atomic E-state index is 13.8. The lowest BCUT2D eigenvalue weighted by atomic mass is 10.0. The normalized spacial score (nSPS) is 13.0. The van der Waals surface area contributed by atoms with E-state index in [4.69, 9.17) is 21.1 Å². The van der Waals surface area contributed by atoms with Gasteiger partial charge in [0.25, 0.3) is 0 Å². The van der Waals surface area contributed by atoms with Crippen molar-refractivity contribution >= 4 is 39.1 Å². The number of anilines is 1. The lowest BCUT2D eigenvalue weighted by molar-refractivity contribution is -0.141. The quantitative estimate of drug-likeness (QED) is 0.312. The Balaban J connectivity index is 1.55. The fourth-order valence-corrected chi connectivity index (χ4v) is 5.76. The van der Waals surface area contributed by atoms with Crippen LogP contribution in [0, 0.1) is 0 Å². The van der Waals surface area contributed by atoms with Gasteiger partial charge in [-0.2, -0.15) is 0 Å². The van der Waals surface area contributed by atoms with Gasteiger partial charge in [-0.05, 0) is 48.7 Å². The summed E-state index contributed by atoms with van der Waals surface area (Å²) in [7, 11) is -3.65. The van der Waals surface area contributed by atoms with Crippen LogP contribution in [0.3, 0.4) is 0 Å². The SMILES string of the molecule is CCNC(=O)[C@H](Cc1ccccc1)N(Cc1ccc(Cl)cc1)C(=O)CCCN(c1ccc2c(c1)OCO2)S(C)(=O)=O. The van der Waals surface area contributed by atoms with Crippen molar-refractivity contribution in [2.24, 2.45) is 0 Å². The predicted octanol–water partition coefficient (Wildman–Crippen LogP) is 4.39. The molecular formula is C30H34ClN3O6S. The second-order valence-corrected chi connectivity index (χ2v) is 12.1. The van der Waals surface area contributed by atoms with Crippen LogP contribution in [0.15, 0.2) is 72.8 Å². The van der Waals surface area contributed by atoms with Gasteiger partial charge >= 0.3 is 0 Å². The number of hydrogen-bond acceptors (Lipinski definition) is 6. The Bertz CT molecular complexity index is 1450. The second-order valence-electron chi connectivity index (χ2n) is 9.72. The summed E-state index contributed by atoms with van der Waals surface area (Å²) >= 11 is 6.08. The third-order valence-corrected chi connectivity index (χ3v) is 8.13. The number of amides is 2. The molecule has 218 valence electrons. The zero-order valence-electron chi connectivity index (χ0n) is 23.1. The van der Waals surface area contributed by atoms with Crippen LogP contribution in [0.5, 0.6) is 11.5 Å². The molecule has 0 fully saturated rings. The highest BCUT2D eigenvalue weighted by Gasteiger charge is 2.30. The summed E-state index contributed by atoms with van der Waals surface area (Å²) in [5.74, 6) is 0.500. The van der Waals surface area contributed by atoms with Gasteiger partial charge in [-0.25, -0.2) is 8.42 Å². The number of ether oxygens (including phenoxy) is 2. The van der Waals surface area contributed by atoms with Crippen LogP contribution in [0.2, 0.25) is 5.02 Å². The Labute approximate surface area is 246 Å². The van der Waals surface area contributed by atoms with Crippen LogP contribution in [0.25, 0.3) is 0 Å². The number of sulfonamides is 1. The number of fused-ring (bicyclic) bond motifs is 1. The summed E-state index contributed by atoms with van der Waals surface area (Å²) in [4.78, 5) is 28.7. The Morgan fingerprint density at radius 1 is 0.976 bits per heavy atom. The largest absolute Gasteiger partial charge is 0.454 e. The highest BCUT2D eigenvalue weighted by Crippen LogP contribution is 2.36. The van der Waals surface area contributed by atoms with Crippen molar-refractivity contribution in [1.29, 1.82) is 0 Å². The van der Waals surface area contributed by atoms with Gasteiger partial charge in [0.1, 0.15) is 6.04 Å². The first kappa shape index (κ1) is 30.2. The minimum Gasteiger partial charge on any atom is -0.454 e. The van der Waals surface area contributed by atoms with E-state index in [0.717, 1.165) is 17.4 Å². The highest BCUT2D eigenvalue weighted by molar-refractivity contribution is 7.92. The predicted molar refractivity (Wildman–Crippen MR) is 159 cm³/mol. The first-order chi connectivity index (χ1) is 19.7. The van der Waals surface area contributed by atoms with Gasteiger partial charge in [-0.3, -0.25) is 13.9 Å². The summed E-state index contributed by atoms with van der Waals surface area (Å²) < 4.78 is 37.3. The molecular weight excluding hydrogens is 566 g/mol. The lowest BCUT2D eigenvalue weighted by Crippen LogP contribution is -2.50. The molecule has 1 atom stereocenters. The molecule has 1 aliphatic rings. The average Bonchev–Trinajstić information content (AvgIpc) is 3.42. The van der Waals surface area contributed by atoms with E-state index in [0.29, 0.717) is 35.2 Å². The van der Waals surface area contributed by atoms with Gasteiger partial charge in [0.2, 0.25) is 28.6 Å². The second kappa shape index (κ2) is 13.7. The molecule has 0 unspecified atom stereocenters. The van der Waals surface area contributed by atoms with Crippen molar-refractivity contribution < 1.29 is 27.5 Å². The number of halogens is 1. The van der Waals surface area contributed by atoms with Gasteiger partial charge in [0, 0.05) is 43.6 Å². The number of nitrogens with one attached hydrogen (secondary N) is 1. The maximum atomic E-state index is 13.8. The molecule has 0 aliphatic carbocycles. The molecule has 1 N–H and O–H groups in total. The third-order valence-electron chi connectivity index (χ3n) is 6.68. The van der Waals surface area contributed by atoms with Gasteiger partial charge < -0.3 is 19.7 Å². The number of nitrogens with zero attached hydrogens (tertiary/aromatic N) is 2. The first-order valence-corrected chi connectivity index (χ1v) is 15.6. The maximum Gasteiger partial charge on any atom is 0.243 e. The van der Waals surface area contributed by atoms with Gasteiger partial charge in [-0.1, -0.05) is 54.1 Å². The Morgan fingerprint density at radius 2 is 1.68 bits per heavy atom. The summed E-state index contributed by atoms with van der Waals surface area (Å²) in [6.45, 7) is 2.60. The molecule has 2 amide bonds. The Morgan fingerprint density at radius 3 is 2.37 bits per heavy atom. The van der Waals surface area contributed by atoms with Crippen LogP contribution in [0.1, 0.15) is 30.9 Å². The molecule has 0 aromatic heterocycles. The zero-order valence-corrected chi connectivity index (χ0v) is 24.7. The molecule has 9 nitrogen and oxygen atoms in total. The van der Waals surface area contributed by atoms with Crippen molar-refractivity contribution in [3.05, 3.63) is 88.9 Å². The lowest BCUT2D eigenvalue weighted by Gasteiger charge is -2.32. The Kier molecular flexibility index (Phi) is 10.1. The van der Waals surface area contributed by atoms with E-state index in [1.54, 1.807) is 35.2 Å². The topological polar surface area (TPSA) is 105 Å². The van der Waals surface area contributed by atoms with Crippen molar-refractivity contribution in [2.75, 3.05) is 30.4 Å². The molecule has 11 heteroatoms. The van der Waals surface area contributed by atoms with E-state index >= 15 is 0 Å². The number of likely N-dealkylation sites (N-methyl/N-ethyl adjacent to an activating group) is 1. The molecule has 1 heterocycles. The molecule has 0 bridgehead atoms. The van der Waals surface area contributed by atoms with E-state index in [-0.39, 0.29) is 44.5 Å². The van der Waals surface area contributed by atoms with E-state index in [9.17, 15) is 18.0 Å². The number of carbonyl (C=O) groups is 2. The van der Waals surface area contributed by atoms with Crippen molar-refractivity contribution in [3.8, 4) is 11.5 Å². The summed E-state index contributed by atoms with van der Waals surface area (Å²) in [6.07, 6.45) is 1.73. The van der Waals surface area contributed by atoms with Crippen LogP contribution in [-0.2, 0) is 32.6 Å². The van der Waals surface area contributed by atoms with Gasteiger partial charge in [-0.15, -0.1) is 0 Å². The number of benzene rings is 3. The molecule has 0 saturated heterocycles. The molecule has 3 aromatic rings. The van der Waals surface area contributed by atoms with E-state index in [1.165, 1.54) is 4.31 Å². The van der Waals surface area contributed by atoms with Crippen molar-refractivity contribution in [2.45, 2.75) is 38.8 Å². The van der Waals surface area contributed by atoms with Crippen LogP contribution in [0.4, 0.5) is 5.69 Å². The van der Waals surface area contributed by atoms with Crippen molar-refractivity contribution in [3.63, 3.8) is 0 Å². The molecule has 4 rings (SSSR count). The van der Waals surface area contributed by atoms with Gasteiger partial charge in [0.15, 0.2) is 11.5 Å². The molecule has 1 aliphatic heterocycles. The molecule has 0 spiro atoms. The Hall–Kier alpha value is -3.76. The molecule has 0 radical (unpaired) electrons. The van der Waals surface area contributed by atoms with Crippen LogP contribution < -0.4 is 19.1 Å². The zero-order chi connectivity index (χ0) is 29.4. The minimum atomic E-state index is -3.65. The summed E-state index contributed by atoms with van der Waals surface area (Å²) in [5, 5.41) is 3.44. The van der Waals surface area contributed by atoms with Gasteiger partial charge in [0.05, 0.1) is 11.9 Å². The standard InChI is InChI=1S/C30H34ClN3O6S/c1-3-32-30(36)26(18-22-8-5-4-6-9-22)33(20-23-11-13-24(31)14-12-23)29(35)10-7-17-34(41(2,37)38)25-15-16-27-28(19-25)40-21-39-27/h4-6,8-9,11-16,19,26H,3,7,10,17-18,20-21H2,1-2H3,(H,32,36)/t26-/m0/s1. The van der Waals surface area contributed by atoms with E-state index < -0.39 is 16.1 Å². The fraction of sp³-hybridized carbons (Fsp3) is 0.333. The summed E-state index contributed by atoms with van der Waals surface area (Å²) in [5.41, 5.74) is 2.17. The van der Waals surface area contributed by atoms with Crippen molar-refractivity contribution in [1.82, 2.24) is 10.2 Å². The fourth-order valence-electron chi connectivity index (χ4n) is 4.68. The number of rotatable bonds is 13. The van der Waals surface area contributed by atoms with E-state index in [2.05, 4.69) is 5.32 Å². The first-order valence-electron chi connectivity index (χ1n) is 13.4. The third kappa shape index (κ3) is 8.14. The van der Waals surface area contributed by atoms with E-state index in [1.807, 2.05) is 49.4 Å². The molecule has 0 saturated carbocycles. The highest BCUT2D eigenvalue weighted by atomic mass is 35.5.